The molecule has 1 saturated carbocycles. The van der Waals surface area contributed by atoms with Crippen LogP contribution in [-0.4, -0.2) is 60.8 Å². The number of aliphatic hydroxyl groups is 1. The molecular weight excluding hydrogens is 705 g/mol. The lowest BCUT2D eigenvalue weighted by molar-refractivity contribution is -0.144. The van der Waals surface area contributed by atoms with E-state index >= 15 is 0 Å². The van der Waals surface area contributed by atoms with Gasteiger partial charge < -0.3 is 20.1 Å². The molecule has 0 aliphatic heterocycles. The fourth-order valence-electron chi connectivity index (χ4n) is 8.92. The van der Waals surface area contributed by atoms with Gasteiger partial charge in [-0.1, -0.05) is 207 Å². The van der Waals surface area contributed by atoms with Crippen molar-refractivity contribution in [2.75, 3.05) is 32.8 Å². The van der Waals surface area contributed by atoms with Gasteiger partial charge >= 0.3 is 5.97 Å². The SMILES string of the molecule is CCCCCCCCC(CCCCCCCC)CCCCCCCN(CCCCCCCC(=O)OCCC(CCCC)CCCC)CCCNC(=O)C1CC(O)C1. The van der Waals surface area contributed by atoms with E-state index in [1.165, 1.54) is 186 Å². The third kappa shape index (κ3) is 33.3. The first-order valence-electron chi connectivity index (χ1n) is 25.8. The van der Waals surface area contributed by atoms with Gasteiger partial charge in [-0.15, -0.1) is 0 Å². The molecule has 338 valence electrons. The Bertz CT molecular complexity index is 853. The number of aliphatic hydroxyl groups excluding tert-OH is 1. The lowest BCUT2D eigenvalue weighted by atomic mass is 9.82. The quantitative estimate of drug-likeness (QED) is 0.0474. The molecule has 2 N–H and O–H groups in total. The summed E-state index contributed by atoms with van der Waals surface area (Å²) in [5, 5.41) is 12.7. The number of ether oxygens (including phenoxy) is 1. The van der Waals surface area contributed by atoms with Crippen LogP contribution in [-0.2, 0) is 14.3 Å². The molecule has 0 unspecified atom stereocenters. The maximum absolute atomic E-state index is 12.4. The molecule has 0 aromatic carbocycles. The minimum absolute atomic E-state index is 0.00682. The molecule has 0 heterocycles. The van der Waals surface area contributed by atoms with Crippen molar-refractivity contribution < 1.29 is 19.4 Å². The number of carbonyl (C=O) groups excluding carboxylic acids is 2. The van der Waals surface area contributed by atoms with Crippen molar-refractivity contribution in [2.45, 2.75) is 265 Å². The Morgan fingerprint density at radius 2 is 0.930 bits per heavy atom. The summed E-state index contributed by atoms with van der Waals surface area (Å²) in [6, 6.07) is 0. The standard InChI is InChI=1S/C51H100N2O4/c1-5-9-13-15-19-25-34-46(35-26-20-16-14-10-6-2)36-27-21-17-23-29-40-53(42-31-39-52-51(56)48-44-49(54)45-48)41-30-24-18-22-28-37-50(55)57-43-38-47(32-11-7-3)33-12-8-4/h46-49,54H,5-45H2,1-4H3,(H,52,56). The molecule has 0 bridgehead atoms. The molecular formula is C51H100N2O4. The van der Waals surface area contributed by atoms with E-state index in [1.54, 1.807) is 0 Å². The molecule has 0 radical (unpaired) electrons. The van der Waals surface area contributed by atoms with Crippen LogP contribution < -0.4 is 5.32 Å². The number of nitrogens with zero attached hydrogens (tertiary/aromatic N) is 1. The molecule has 1 rings (SSSR count). The fourth-order valence-corrected chi connectivity index (χ4v) is 8.92. The summed E-state index contributed by atoms with van der Waals surface area (Å²) in [5.41, 5.74) is 0. The zero-order valence-corrected chi connectivity index (χ0v) is 38.9. The smallest absolute Gasteiger partial charge is 0.305 e. The molecule has 1 fully saturated rings. The van der Waals surface area contributed by atoms with Gasteiger partial charge in [-0.3, -0.25) is 9.59 Å². The number of rotatable bonds is 44. The van der Waals surface area contributed by atoms with E-state index in [9.17, 15) is 14.7 Å². The van der Waals surface area contributed by atoms with Gasteiger partial charge in [0.2, 0.25) is 5.91 Å². The minimum Gasteiger partial charge on any atom is -0.466 e. The van der Waals surface area contributed by atoms with Gasteiger partial charge in [0.1, 0.15) is 0 Å². The number of nitrogens with one attached hydrogen (secondary N) is 1. The Morgan fingerprint density at radius 3 is 1.42 bits per heavy atom. The van der Waals surface area contributed by atoms with Crippen molar-refractivity contribution in [3.05, 3.63) is 0 Å². The van der Waals surface area contributed by atoms with Crippen LogP contribution in [0, 0.1) is 17.8 Å². The summed E-state index contributed by atoms with van der Waals surface area (Å²) in [6.45, 7) is 13.8. The van der Waals surface area contributed by atoms with Crippen LogP contribution in [0.15, 0.2) is 0 Å². The highest BCUT2D eigenvalue weighted by molar-refractivity contribution is 5.79. The van der Waals surface area contributed by atoms with Gasteiger partial charge in [0, 0.05) is 18.9 Å². The lowest BCUT2D eigenvalue weighted by Gasteiger charge is -2.30. The van der Waals surface area contributed by atoms with E-state index in [1.807, 2.05) is 0 Å². The van der Waals surface area contributed by atoms with E-state index in [-0.39, 0.29) is 23.9 Å². The second kappa shape index (κ2) is 40.3. The second-order valence-corrected chi connectivity index (χ2v) is 18.5. The van der Waals surface area contributed by atoms with Crippen LogP contribution in [0.4, 0.5) is 0 Å². The van der Waals surface area contributed by atoms with Crippen LogP contribution in [0.25, 0.3) is 0 Å². The topological polar surface area (TPSA) is 78.9 Å². The minimum atomic E-state index is -0.282. The van der Waals surface area contributed by atoms with Crippen LogP contribution in [0.1, 0.15) is 259 Å². The van der Waals surface area contributed by atoms with Crippen molar-refractivity contribution in [3.63, 3.8) is 0 Å². The first-order chi connectivity index (χ1) is 27.9. The molecule has 0 atom stereocenters. The highest BCUT2D eigenvalue weighted by Crippen LogP contribution is 2.27. The Kier molecular flexibility index (Phi) is 38.1. The van der Waals surface area contributed by atoms with E-state index in [2.05, 4.69) is 37.9 Å². The predicted molar refractivity (Wildman–Crippen MR) is 246 cm³/mol. The highest BCUT2D eigenvalue weighted by atomic mass is 16.5. The van der Waals surface area contributed by atoms with Crippen molar-refractivity contribution in [3.8, 4) is 0 Å². The lowest BCUT2D eigenvalue weighted by Crippen LogP contribution is -2.42. The third-order valence-electron chi connectivity index (χ3n) is 13.0. The van der Waals surface area contributed by atoms with E-state index in [0.717, 1.165) is 57.8 Å². The van der Waals surface area contributed by atoms with Crippen molar-refractivity contribution >= 4 is 11.9 Å². The zero-order chi connectivity index (χ0) is 41.4. The first kappa shape index (κ1) is 53.9. The molecule has 6 nitrogen and oxygen atoms in total. The number of esters is 1. The molecule has 1 aliphatic carbocycles. The number of unbranched alkanes of at least 4 members (excludes halogenated alkanes) is 20. The van der Waals surface area contributed by atoms with E-state index < -0.39 is 0 Å². The Hall–Kier alpha value is -1.14. The second-order valence-electron chi connectivity index (χ2n) is 18.5. The zero-order valence-electron chi connectivity index (χ0n) is 38.9. The summed E-state index contributed by atoms with van der Waals surface area (Å²) in [7, 11) is 0. The van der Waals surface area contributed by atoms with Gasteiger partial charge in [-0.25, -0.2) is 0 Å². The number of hydrogen-bond acceptors (Lipinski definition) is 5. The van der Waals surface area contributed by atoms with Gasteiger partial charge in [0.05, 0.1) is 12.7 Å². The molecule has 1 aliphatic rings. The molecule has 57 heavy (non-hydrogen) atoms. The molecule has 6 heteroatoms. The summed E-state index contributed by atoms with van der Waals surface area (Å²) in [5.74, 6) is 1.79. The summed E-state index contributed by atoms with van der Waals surface area (Å²) < 4.78 is 5.63. The van der Waals surface area contributed by atoms with Crippen LogP contribution in [0.3, 0.4) is 0 Å². The maximum atomic E-state index is 12.4. The van der Waals surface area contributed by atoms with Crippen molar-refractivity contribution in [1.29, 1.82) is 0 Å². The number of hydrogen-bond donors (Lipinski definition) is 2. The molecule has 0 saturated heterocycles. The predicted octanol–water partition coefficient (Wildman–Crippen LogP) is 14.3. The van der Waals surface area contributed by atoms with Gasteiger partial charge in [0.15, 0.2) is 0 Å². The molecule has 1 amide bonds. The number of amides is 1. The van der Waals surface area contributed by atoms with Crippen molar-refractivity contribution in [1.82, 2.24) is 10.2 Å². The van der Waals surface area contributed by atoms with Crippen molar-refractivity contribution in [2.24, 2.45) is 17.8 Å². The summed E-state index contributed by atoms with van der Waals surface area (Å²) in [6.07, 6.45) is 44.9. The summed E-state index contributed by atoms with van der Waals surface area (Å²) in [4.78, 5) is 27.4. The summed E-state index contributed by atoms with van der Waals surface area (Å²) >= 11 is 0. The Labute approximate surface area is 356 Å². The van der Waals surface area contributed by atoms with Crippen LogP contribution >= 0.6 is 0 Å². The Balaban J connectivity index is 2.34. The maximum Gasteiger partial charge on any atom is 0.305 e. The number of carbonyl (C=O) groups is 2. The van der Waals surface area contributed by atoms with Crippen LogP contribution in [0.2, 0.25) is 0 Å². The average Bonchev–Trinajstić information content (AvgIpc) is 3.19. The average molecular weight is 805 g/mol. The molecule has 0 aromatic heterocycles. The third-order valence-corrected chi connectivity index (χ3v) is 13.0. The van der Waals surface area contributed by atoms with Gasteiger partial charge in [-0.2, -0.15) is 0 Å². The molecule has 0 aromatic rings. The fraction of sp³-hybridized carbons (Fsp3) is 0.961. The Morgan fingerprint density at radius 1 is 0.526 bits per heavy atom. The molecule has 0 spiro atoms. The monoisotopic (exact) mass is 805 g/mol. The van der Waals surface area contributed by atoms with Gasteiger partial charge in [0.25, 0.3) is 0 Å². The van der Waals surface area contributed by atoms with E-state index in [0.29, 0.717) is 31.8 Å². The normalized spacial score (nSPS) is 15.5. The highest BCUT2D eigenvalue weighted by Gasteiger charge is 2.32. The van der Waals surface area contributed by atoms with Gasteiger partial charge in [-0.05, 0) is 76.4 Å². The van der Waals surface area contributed by atoms with E-state index in [4.69, 9.17) is 4.74 Å². The first-order valence-corrected chi connectivity index (χ1v) is 25.8. The largest absolute Gasteiger partial charge is 0.466 e. The van der Waals surface area contributed by atoms with Crippen LogP contribution in [0.5, 0.6) is 0 Å².